The molecule has 1 aromatic carbocycles. The summed E-state index contributed by atoms with van der Waals surface area (Å²) in [5.74, 6) is 0.564. The van der Waals surface area contributed by atoms with E-state index in [4.69, 9.17) is 9.47 Å². The standard InChI is InChI=1S/C15H22FNO2/c1-11(17-2)13-4-3-5-14(16)15(13)19-10-12-6-8-18-9-7-12/h3-5,11-12,17H,6-10H2,1-2H3. The topological polar surface area (TPSA) is 30.5 Å². The SMILES string of the molecule is CNC(C)c1cccc(F)c1OCC1CCOCC1. The van der Waals surface area contributed by atoms with E-state index in [2.05, 4.69) is 5.32 Å². The van der Waals surface area contributed by atoms with Crippen LogP contribution < -0.4 is 10.1 Å². The lowest BCUT2D eigenvalue weighted by Crippen LogP contribution is -2.22. The van der Waals surface area contributed by atoms with Crippen LogP contribution in [0.5, 0.6) is 5.75 Å². The van der Waals surface area contributed by atoms with Crippen LogP contribution in [0.15, 0.2) is 18.2 Å². The summed E-state index contributed by atoms with van der Waals surface area (Å²) in [6.45, 7) is 4.12. The average molecular weight is 267 g/mol. The summed E-state index contributed by atoms with van der Waals surface area (Å²) in [4.78, 5) is 0. The molecular weight excluding hydrogens is 245 g/mol. The molecule has 1 fully saturated rings. The summed E-state index contributed by atoms with van der Waals surface area (Å²) >= 11 is 0. The number of hydrogen-bond donors (Lipinski definition) is 1. The van der Waals surface area contributed by atoms with E-state index in [0.717, 1.165) is 31.6 Å². The van der Waals surface area contributed by atoms with Crippen molar-refractivity contribution in [2.75, 3.05) is 26.9 Å². The maximum Gasteiger partial charge on any atom is 0.165 e. The number of hydrogen-bond acceptors (Lipinski definition) is 3. The molecule has 1 saturated heterocycles. The van der Waals surface area contributed by atoms with E-state index in [1.165, 1.54) is 6.07 Å². The van der Waals surface area contributed by atoms with Gasteiger partial charge in [-0.15, -0.1) is 0 Å². The van der Waals surface area contributed by atoms with E-state index >= 15 is 0 Å². The largest absolute Gasteiger partial charge is 0.490 e. The molecule has 1 heterocycles. The van der Waals surface area contributed by atoms with Crippen LogP contribution in [0.4, 0.5) is 4.39 Å². The van der Waals surface area contributed by atoms with Crippen LogP contribution in [-0.2, 0) is 4.74 Å². The van der Waals surface area contributed by atoms with Gasteiger partial charge in [-0.05, 0) is 38.8 Å². The molecule has 0 aliphatic carbocycles. The second-order valence-electron chi connectivity index (χ2n) is 5.04. The van der Waals surface area contributed by atoms with Gasteiger partial charge >= 0.3 is 0 Å². The molecule has 1 aromatic rings. The van der Waals surface area contributed by atoms with Crippen LogP contribution in [0, 0.1) is 11.7 Å². The highest BCUT2D eigenvalue weighted by Crippen LogP contribution is 2.29. The van der Waals surface area contributed by atoms with Gasteiger partial charge in [-0.25, -0.2) is 4.39 Å². The number of para-hydroxylation sites is 1. The van der Waals surface area contributed by atoms with E-state index < -0.39 is 0 Å². The van der Waals surface area contributed by atoms with Crippen LogP contribution in [0.2, 0.25) is 0 Å². The molecule has 1 N–H and O–H groups in total. The highest BCUT2D eigenvalue weighted by Gasteiger charge is 2.18. The predicted molar refractivity (Wildman–Crippen MR) is 72.9 cm³/mol. The molecule has 3 nitrogen and oxygen atoms in total. The lowest BCUT2D eigenvalue weighted by molar-refractivity contribution is 0.0489. The first-order chi connectivity index (χ1) is 9.22. The molecule has 0 aromatic heterocycles. The van der Waals surface area contributed by atoms with Crippen molar-refractivity contribution in [3.63, 3.8) is 0 Å². The fourth-order valence-electron chi connectivity index (χ4n) is 2.29. The summed E-state index contributed by atoms with van der Waals surface area (Å²) < 4.78 is 25.0. The van der Waals surface area contributed by atoms with E-state index in [1.54, 1.807) is 6.07 Å². The third kappa shape index (κ3) is 3.67. The molecule has 0 amide bonds. The molecule has 4 heteroatoms. The molecule has 1 unspecified atom stereocenters. The smallest absolute Gasteiger partial charge is 0.165 e. The number of nitrogens with one attached hydrogen (secondary N) is 1. The summed E-state index contributed by atoms with van der Waals surface area (Å²) in [5, 5.41) is 3.12. The van der Waals surface area contributed by atoms with Crippen LogP contribution in [0.1, 0.15) is 31.4 Å². The van der Waals surface area contributed by atoms with Crippen molar-refractivity contribution < 1.29 is 13.9 Å². The molecule has 19 heavy (non-hydrogen) atoms. The van der Waals surface area contributed by atoms with Crippen molar-refractivity contribution >= 4 is 0 Å². The zero-order chi connectivity index (χ0) is 13.7. The third-order valence-electron chi connectivity index (χ3n) is 3.70. The molecular formula is C15H22FNO2. The Balaban J connectivity index is 2.05. The summed E-state index contributed by atoms with van der Waals surface area (Å²) in [6, 6.07) is 5.15. The van der Waals surface area contributed by atoms with Gasteiger partial charge in [0.1, 0.15) is 0 Å². The monoisotopic (exact) mass is 267 g/mol. The van der Waals surface area contributed by atoms with Crippen molar-refractivity contribution in [3.8, 4) is 5.75 Å². The highest BCUT2D eigenvalue weighted by molar-refractivity contribution is 5.37. The van der Waals surface area contributed by atoms with E-state index in [0.29, 0.717) is 18.3 Å². The zero-order valence-corrected chi connectivity index (χ0v) is 11.6. The van der Waals surface area contributed by atoms with Crippen LogP contribution in [0.3, 0.4) is 0 Å². The minimum atomic E-state index is -0.286. The Hall–Kier alpha value is -1.13. The molecule has 0 radical (unpaired) electrons. The summed E-state index contributed by atoms with van der Waals surface area (Å²) in [5.41, 5.74) is 0.870. The van der Waals surface area contributed by atoms with Crippen molar-refractivity contribution in [1.29, 1.82) is 0 Å². The lowest BCUT2D eigenvalue weighted by atomic mass is 10.0. The van der Waals surface area contributed by atoms with Crippen LogP contribution in [-0.4, -0.2) is 26.9 Å². The third-order valence-corrected chi connectivity index (χ3v) is 3.70. The Morgan fingerprint density at radius 1 is 1.42 bits per heavy atom. The maximum atomic E-state index is 13.9. The fraction of sp³-hybridized carbons (Fsp3) is 0.600. The van der Waals surface area contributed by atoms with Gasteiger partial charge in [-0.1, -0.05) is 12.1 Å². The first-order valence-corrected chi connectivity index (χ1v) is 6.88. The first-order valence-electron chi connectivity index (χ1n) is 6.88. The van der Waals surface area contributed by atoms with Crippen molar-refractivity contribution in [2.24, 2.45) is 5.92 Å². The molecule has 1 aliphatic rings. The quantitative estimate of drug-likeness (QED) is 0.889. The molecule has 1 atom stereocenters. The molecule has 1 aliphatic heterocycles. The van der Waals surface area contributed by atoms with Gasteiger partial charge in [0.15, 0.2) is 11.6 Å². The van der Waals surface area contributed by atoms with Gasteiger partial charge in [-0.3, -0.25) is 0 Å². The van der Waals surface area contributed by atoms with Gasteiger partial charge in [-0.2, -0.15) is 0 Å². The number of benzene rings is 1. The fourth-order valence-corrected chi connectivity index (χ4v) is 2.29. The second-order valence-corrected chi connectivity index (χ2v) is 5.04. The van der Waals surface area contributed by atoms with Crippen molar-refractivity contribution in [3.05, 3.63) is 29.6 Å². The van der Waals surface area contributed by atoms with Gasteiger partial charge < -0.3 is 14.8 Å². The van der Waals surface area contributed by atoms with Gasteiger partial charge in [0, 0.05) is 24.8 Å². The molecule has 0 spiro atoms. The van der Waals surface area contributed by atoms with Crippen LogP contribution >= 0.6 is 0 Å². The Morgan fingerprint density at radius 3 is 2.84 bits per heavy atom. The van der Waals surface area contributed by atoms with E-state index in [9.17, 15) is 4.39 Å². The lowest BCUT2D eigenvalue weighted by Gasteiger charge is -2.24. The van der Waals surface area contributed by atoms with E-state index in [-0.39, 0.29) is 11.9 Å². The molecule has 106 valence electrons. The average Bonchev–Trinajstić information content (AvgIpc) is 2.46. The molecule has 2 rings (SSSR count). The minimum absolute atomic E-state index is 0.0698. The van der Waals surface area contributed by atoms with Gasteiger partial charge in [0.2, 0.25) is 0 Å². The predicted octanol–water partition coefficient (Wildman–Crippen LogP) is 2.91. The minimum Gasteiger partial charge on any atom is -0.490 e. The summed E-state index contributed by atoms with van der Waals surface area (Å²) in [7, 11) is 1.86. The number of rotatable bonds is 5. The van der Waals surface area contributed by atoms with Crippen molar-refractivity contribution in [1.82, 2.24) is 5.32 Å². The molecule has 0 bridgehead atoms. The van der Waals surface area contributed by atoms with E-state index in [1.807, 2.05) is 20.0 Å². The Labute approximate surface area is 114 Å². The van der Waals surface area contributed by atoms with Crippen LogP contribution in [0.25, 0.3) is 0 Å². The van der Waals surface area contributed by atoms with Gasteiger partial charge in [0.05, 0.1) is 6.61 Å². The summed E-state index contributed by atoms with van der Waals surface area (Å²) in [6.07, 6.45) is 1.98. The Kier molecular flexibility index (Phi) is 5.16. The number of halogens is 1. The number of ether oxygens (including phenoxy) is 2. The Bertz CT molecular complexity index is 405. The maximum absolute atomic E-state index is 13.9. The normalized spacial score (nSPS) is 18.3. The first kappa shape index (κ1) is 14.3. The second kappa shape index (κ2) is 6.87. The Morgan fingerprint density at radius 2 is 2.16 bits per heavy atom. The highest BCUT2D eigenvalue weighted by atomic mass is 19.1. The molecule has 0 saturated carbocycles. The van der Waals surface area contributed by atoms with Crippen molar-refractivity contribution in [2.45, 2.75) is 25.8 Å². The van der Waals surface area contributed by atoms with Gasteiger partial charge in [0.25, 0.3) is 0 Å². The zero-order valence-electron chi connectivity index (χ0n) is 11.6.